The summed E-state index contributed by atoms with van der Waals surface area (Å²) in [5, 5.41) is 0. The van der Waals surface area contributed by atoms with Gasteiger partial charge >= 0.3 is 0 Å². The number of halogens is 1. The van der Waals surface area contributed by atoms with Crippen molar-refractivity contribution in [1.82, 2.24) is 4.57 Å². The zero-order chi connectivity index (χ0) is 18.7. The molecular formula is C19H17BrN2O3S. The second-order valence-corrected chi connectivity index (χ2v) is 7.28. The van der Waals surface area contributed by atoms with E-state index in [1.165, 1.54) is 25.6 Å². The molecule has 0 aliphatic carbocycles. The Labute approximate surface area is 163 Å². The molecule has 3 rings (SSSR count). The number of ether oxygens (including phenoxy) is 2. The average Bonchev–Trinajstić information content (AvgIpc) is 2.97. The minimum atomic E-state index is -0.385. The summed E-state index contributed by atoms with van der Waals surface area (Å²) >= 11 is 4.93. The summed E-state index contributed by atoms with van der Waals surface area (Å²) in [6.07, 6.45) is 1.78. The first-order chi connectivity index (χ1) is 12.6. The van der Waals surface area contributed by atoms with E-state index in [-0.39, 0.29) is 5.91 Å². The van der Waals surface area contributed by atoms with Crippen LogP contribution in [0, 0.1) is 0 Å². The van der Waals surface area contributed by atoms with Crippen LogP contribution in [-0.4, -0.2) is 24.7 Å². The Bertz CT molecular complexity index is 1050. The van der Waals surface area contributed by atoms with Crippen molar-refractivity contribution in [3.05, 3.63) is 63.9 Å². The van der Waals surface area contributed by atoms with Crippen LogP contribution in [0.15, 0.2) is 58.5 Å². The Morgan fingerprint density at radius 3 is 2.81 bits per heavy atom. The van der Waals surface area contributed by atoms with Crippen LogP contribution in [0.4, 0.5) is 0 Å². The zero-order valence-electron chi connectivity index (χ0n) is 14.4. The van der Waals surface area contributed by atoms with E-state index in [1.54, 1.807) is 24.3 Å². The standard InChI is InChI=1S/C19H17BrN2O3S/c1-4-10-22-14-9-8-12(20)11-16(14)26-19(22)21-18(23)13-6-5-7-15(24-2)17(13)25-3/h4-9,11H,1,10H2,2-3H3. The monoisotopic (exact) mass is 432 g/mol. The van der Waals surface area contributed by atoms with E-state index in [4.69, 9.17) is 9.47 Å². The van der Waals surface area contributed by atoms with E-state index in [0.717, 1.165) is 14.7 Å². The van der Waals surface area contributed by atoms with Gasteiger partial charge in [0.1, 0.15) is 0 Å². The van der Waals surface area contributed by atoms with Gasteiger partial charge in [0.2, 0.25) is 0 Å². The van der Waals surface area contributed by atoms with Gasteiger partial charge in [-0.05, 0) is 30.3 Å². The van der Waals surface area contributed by atoms with E-state index < -0.39 is 0 Å². The van der Waals surface area contributed by atoms with Crippen LogP contribution in [0.25, 0.3) is 10.2 Å². The summed E-state index contributed by atoms with van der Waals surface area (Å²) in [6.45, 7) is 4.36. The topological polar surface area (TPSA) is 52.8 Å². The number of para-hydroxylation sites is 1. The number of hydrogen-bond acceptors (Lipinski definition) is 4. The molecule has 1 heterocycles. The molecular weight excluding hydrogens is 416 g/mol. The van der Waals surface area contributed by atoms with Crippen molar-refractivity contribution in [2.24, 2.45) is 4.99 Å². The number of aromatic nitrogens is 1. The van der Waals surface area contributed by atoms with Crippen LogP contribution >= 0.6 is 27.3 Å². The summed E-state index contributed by atoms with van der Waals surface area (Å²) in [6, 6.07) is 11.1. The average molecular weight is 433 g/mol. The van der Waals surface area contributed by atoms with Gasteiger partial charge in [0.25, 0.3) is 5.91 Å². The Kier molecular flexibility index (Phi) is 5.58. The lowest BCUT2D eigenvalue weighted by molar-refractivity contribution is 0.0994. The van der Waals surface area contributed by atoms with Gasteiger partial charge in [0.15, 0.2) is 16.3 Å². The van der Waals surface area contributed by atoms with E-state index in [0.29, 0.717) is 28.4 Å². The molecule has 0 aliphatic rings. The van der Waals surface area contributed by atoms with Gasteiger partial charge in [0, 0.05) is 11.0 Å². The molecule has 0 atom stereocenters. The summed E-state index contributed by atoms with van der Waals surface area (Å²) in [7, 11) is 3.04. The summed E-state index contributed by atoms with van der Waals surface area (Å²) in [5.41, 5.74) is 1.36. The number of methoxy groups -OCH3 is 2. The highest BCUT2D eigenvalue weighted by Gasteiger charge is 2.16. The number of rotatable bonds is 5. The minimum absolute atomic E-state index is 0.357. The van der Waals surface area contributed by atoms with Gasteiger partial charge < -0.3 is 14.0 Å². The van der Waals surface area contributed by atoms with E-state index in [1.807, 2.05) is 22.8 Å². The Hall–Kier alpha value is -2.38. The molecule has 5 nitrogen and oxygen atoms in total. The highest BCUT2D eigenvalue weighted by molar-refractivity contribution is 9.10. The van der Waals surface area contributed by atoms with Crippen LogP contribution in [0.3, 0.4) is 0 Å². The number of carbonyl (C=O) groups is 1. The van der Waals surface area contributed by atoms with Gasteiger partial charge in [-0.25, -0.2) is 0 Å². The predicted molar refractivity (Wildman–Crippen MR) is 107 cm³/mol. The second kappa shape index (κ2) is 7.88. The van der Waals surface area contributed by atoms with Crippen LogP contribution in [0.1, 0.15) is 10.4 Å². The van der Waals surface area contributed by atoms with E-state index in [9.17, 15) is 4.79 Å². The molecule has 0 unspecified atom stereocenters. The number of carbonyl (C=O) groups excluding carboxylic acids is 1. The molecule has 26 heavy (non-hydrogen) atoms. The molecule has 0 radical (unpaired) electrons. The van der Waals surface area contributed by atoms with Crippen LogP contribution in [0.2, 0.25) is 0 Å². The van der Waals surface area contributed by atoms with Crippen molar-refractivity contribution in [1.29, 1.82) is 0 Å². The van der Waals surface area contributed by atoms with Crippen LogP contribution in [-0.2, 0) is 6.54 Å². The van der Waals surface area contributed by atoms with Gasteiger partial charge in [-0.15, -0.1) is 6.58 Å². The smallest absolute Gasteiger partial charge is 0.283 e. The Morgan fingerprint density at radius 1 is 1.31 bits per heavy atom. The number of fused-ring (bicyclic) bond motifs is 1. The van der Waals surface area contributed by atoms with Gasteiger partial charge in [-0.3, -0.25) is 4.79 Å². The van der Waals surface area contributed by atoms with Gasteiger partial charge in [-0.1, -0.05) is 39.4 Å². The molecule has 1 aromatic heterocycles. The highest BCUT2D eigenvalue weighted by atomic mass is 79.9. The number of hydrogen-bond donors (Lipinski definition) is 0. The first-order valence-corrected chi connectivity index (χ1v) is 9.39. The lowest BCUT2D eigenvalue weighted by Crippen LogP contribution is -2.16. The SMILES string of the molecule is C=CCn1c(=NC(=O)c2cccc(OC)c2OC)sc2cc(Br)ccc21. The summed E-state index contributed by atoms with van der Waals surface area (Å²) in [4.78, 5) is 17.8. The zero-order valence-corrected chi connectivity index (χ0v) is 16.8. The molecule has 0 saturated carbocycles. The quantitative estimate of drug-likeness (QED) is 0.561. The lowest BCUT2D eigenvalue weighted by atomic mass is 10.2. The minimum Gasteiger partial charge on any atom is -0.493 e. The van der Waals surface area contributed by atoms with Gasteiger partial charge in [-0.2, -0.15) is 4.99 Å². The maximum absolute atomic E-state index is 12.8. The third-order valence-corrected chi connectivity index (χ3v) is 5.32. The van der Waals surface area contributed by atoms with Crippen molar-refractivity contribution >= 4 is 43.4 Å². The number of allylic oxidation sites excluding steroid dienone is 1. The molecule has 7 heteroatoms. The van der Waals surface area contributed by atoms with Crippen molar-refractivity contribution in [3.8, 4) is 11.5 Å². The van der Waals surface area contributed by atoms with E-state index >= 15 is 0 Å². The third kappa shape index (κ3) is 3.45. The summed E-state index contributed by atoms with van der Waals surface area (Å²) < 4.78 is 14.6. The molecule has 0 N–H and O–H groups in total. The van der Waals surface area contributed by atoms with Crippen molar-refractivity contribution < 1.29 is 14.3 Å². The first-order valence-electron chi connectivity index (χ1n) is 7.79. The number of nitrogens with zero attached hydrogens (tertiary/aromatic N) is 2. The Balaban J connectivity index is 2.17. The van der Waals surface area contributed by atoms with Crippen molar-refractivity contribution in [3.63, 3.8) is 0 Å². The summed E-state index contributed by atoms with van der Waals surface area (Å²) in [5.74, 6) is 0.486. The van der Waals surface area contributed by atoms with Gasteiger partial charge in [0.05, 0.1) is 30.0 Å². The number of amides is 1. The van der Waals surface area contributed by atoms with Crippen molar-refractivity contribution in [2.75, 3.05) is 14.2 Å². The van der Waals surface area contributed by atoms with Crippen LogP contribution < -0.4 is 14.3 Å². The fourth-order valence-electron chi connectivity index (χ4n) is 2.64. The maximum atomic E-state index is 12.8. The number of benzene rings is 2. The molecule has 0 saturated heterocycles. The third-order valence-electron chi connectivity index (χ3n) is 3.79. The lowest BCUT2D eigenvalue weighted by Gasteiger charge is -2.09. The molecule has 3 aromatic rings. The molecule has 0 fully saturated rings. The molecule has 0 aliphatic heterocycles. The fourth-order valence-corrected chi connectivity index (χ4v) is 4.23. The van der Waals surface area contributed by atoms with Crippen LogP contribution in [0.5, 0.6) is 11.5 Å². The van der Waals surface area contributed by atoms with E-state index in [2.05, 4.69) is 27.5 Å². The largest absolute Gasteiger partial charge is 0.493 e. The number of thiazole rings is 1. The molecule has 134 valence electrons. The second-order valence-electron chi connectivity index (χ2n) is 5.35. The normalized spacial score (nSPS) is 11.6. The molecule has 1 amide bonds. The van der Waals surface area contributed by atoms with Crippen molar-refractivity contribution in [2.45, 2.75) is 6.54 Å². The predicted octanol–water partition coefficient (Wildman–Crippen LogP) is 4.41. The maximum Gasteiger partial charge on any atom is 0.283 e. The molecule has 2 aromatic carbocycles. The molecule has 0 bridgehead atoms. The fraction of sp³-hybridized carbons (Fsp3) is 0.158. The molecule has 0 spiro atoms. The highest BCUT2D eigenvalue weighted by Crippen LogP contribution is 2.31. The first kappa shape index (κ1) is 18.4. The Morgan fingerprint density at radius 2 is 2.12 bits per heavy atom.